The molecule has 1 spiro atoms. The number of sulfonamides is 1. The van der Waals surface area contributed by atoms with Crippen molar-refractivity contribution in [2.45, 2.75) is 77.5 Å². The van der Waals surface area contributed by atoms with E-state index in [0.717, 1.165) is 34.2 Å². The minimum atomic E-state index is -3.90. The molecule has 2 aliphatic carbocycles. The Labute approximate surface area is 232 Å². The van der Waals surface area contributed by atoms with Gasteiger partial charge in [-0.05, 0) is 105 Å². The second kappa shape index (κ2) is 9.61. The van der Waals surface area contributed by atoms with Gasteiger partial charge in [-0.2, -0.15) is 4.98 Å². The molecule has 2 saturated carbocycles. The minimum absolute atomic E-state index is 0.0332. The molecule has 4 bridgehead atoms. The first-order chi connectivity index (χ1) is 18.6. The van der Waals surface area contributed by atoms with Crippen molar-refractivity contribution in [1.29, 1.82) is 0 Å². The highest BCUT2D eigenvalue weighted by Gasteiger charge is 2.55. The van der Waals surface area contributed by atoms with E-state index in [1.54, 1.807) is 6.07 Å². The van der Waals surface area contributed by atoms with E-state index in [4.69, 9.17) is 9.72 Å². The quantitative estimate of drug-likeness (QED) is 0.375. The first-order valence-electron chi connectivity index (χ1n) is 14.3. The zero-order chi connectivity index (χ0) is 27.5. The second-order valence-electron chi connectivity index (χ2n) is 12.7. The molecule has 3 aliphatic rings. The van der Waals surface area contributed by atoms with Crippen LogP contribution in [0.25, 0.3) is 11.3 Å². The number of benzene rings is 2. The van der Waals surface area contributed by atoms with E-state index >= 15 is 0 Å². The third kappa shape index (κ3) is 4.94. The monoisotopic (exact) mass is 545 g/mol. The maximum Gasteiger partial charge on any atom is 0.264 e. The molecule has 1 N–H and O–H groups in total. The maximum atomic E-state index is 13.7. The van der Waals surface area contributed by atoms with Gasteiger partial charge >= 0.3 is 0 Å². The summed E-state index contributed by atoms with van der Waals surface area (Å²) < 4.78 is 36.6. The van der Waals surface area contributed by atoms with Gasteiger partial charge in [0.05, 0.1) is 17.2 Å². The molecular formula is C32H39N3O3S. The van der Waals surface area contributed by atoms with Gasteiger partial charge < -0.3 is 4.74 Å². The lowest BCUT2D eigenvalue weighted by atomic mass is 9.60. The van der Waals surface area contributed by atoms with Gasteiger partial charge in [0.15, 0.2) is 0 Å². The maximum absolute atomic E-state index is 13.7. The van der Waals surface area contributed by atoms with Gasteiger partial charge in [0.25, 0.3) is 10.0 Å². The van der Waals surface area contributed by atoms with Crippen LogP contribution < -0.4 is 9.46 Å². The van der Waals surface area contributed by atoms with E-state index in [-0.39, 0.29) is 22.7 Å². The lowest BCUT2D eigenvalue weighted by Gasteiger charge is -2.45. The molecule has 2 atom stereocenters. The summed E-state index contributed by atoms with van der Waals surface area (Å²) in [6.45, 7) is 11.1. The minimum Gasteiger partial charge on any atom is -0.477 e. The van der Waals surface area contributed by atoms with Crippen LogP contribution in [0.2, 0.25) is 0 Å². The highest BCUT2D eigenvalue weighted by Crippen LogP contribution is 2.67. The summed E-state index contributed by atoms with van der Waals surface area (Å²) in [5, 5.41) is 0. The van der Waals surface area contributed by atoms with Crippen molar-refractivity contribution in [3.8, 4) is 17.1 Å². The van der Waals surface area contributed by atoms with Gasteiger partial charge in [-0.1, -0.05) is 44.2 Å². The Morgan fingerprint density at radius 3 is 2.38 bits per heavy atom. The summed E-state index contributed by atoms with van der Waals surface area (Å²) in [6.07, 6.45) is 6.14. The fourth-order valence-electron chi connectivity index (χ4n) is 7.11. The van der Waals surface area contributed by atoms with E-state index < -0.39 is 10.0 Å². The van der Waals surface area contributed by atoms with Gasteiger partial charge in [0.2, 0.25) is 11.8 Å². The Balaban J connectivity index is 1.50. The van der Waals surface area contributed by atoms with Crippen molar-refractivity contribution in [3.05, 3.63) is 64.7 Å². The summed E-state index contributed by atoms with van der Waals surface area (Å²) in [6, 6.07) is 13.7. The molecule has 3 aromatic rings. The smallest absolute Gasteiger partial charge is 0.264 e. The fraction of sp³-hybridized carbons (Fsp3) is 0.500. The molecule has 2 heterocycles. The molecule has 1 unspecified atom stereocenters. The molecule has 2 fully saturated rings. The van der Waals surface area contributed by atoms with E-state index in [9.17, 15) is 8.42 Å². The summed E-state index contributed by atoms with van der Waals surface area (Å²) >= 11 is 0. The largest absolute Gasteiger partial charge is 0.477 e. The van der Waals surface area contributed by atoms with Crippen LogP contribution in [-0.4, -0.2) is 25.0 Å². The summed E-state index contributed by atoms with van der Waals surface area (Å²) in [4.78, 5) is 9.61. The average molecular weight is 546 g/mol. The lowest BCUT2D eigenvalue weighted by molar-refractivity contribution is 0.0807. The molecule has 1 aliphatic heterocycles. The molecule has 6 rings (SSSR count). The van der Waals surface area contributed by atoms with Gasteiger partial charge in [0, 0.05) is 17.0 Å². The second-order valence-corrected chi connectivity index (χ2v) is 14.3. The van der Waals surface area contributed by atoms with Crippen LogP contribution in [0.5, 0.6) is 5.88 Å². The third-order valence-corrected chi connectivity index (χ3v) is 10.5. The number of ether oxygens (including phenoxy) is 1. The highest BCUT2D eigenvalue weighted by molar-refractivity contribution is 7.92. The first kappa shape index (κ1) is 26.3. The number of aryl methyl sites for hydroxylation is 2. The molecule has 0 amide bonds. The van der Waals surface area contributed by atoms with Gasteiger partial charge in [-0.15, -0.1) is 0 Å². The van der Waals surface area contributed by atoms with Gasteiger partial charge in [-0.3, -0.25) is 0 Å². The molecular weight excluding hydrogens is 506 g/mol. The van der Waals surface area contributed by atoms with Crippen LogP contribution in [0, 0.1) is 43.9 Å². The number of anilines is 1. The van der Waals surface area contributed by atoms with Crippen molar-refractivity contribution < 1.29 is 13.2 Å². The molecule has 39 heavy (non-hydrogen) atoms. The van der Waals surface area contributed by atoms with Crippen LogP contribution in [0.4, 0.5) is 5.95 Å². The molecule has 206 valence electrons. The highest BCUT2D eigenvalue weighted by atomic mass is 32.2. The fourth-order valence-corrected chi connectivity index (χ4v) is 8.11. The van der Waals surface area contributed by atoms with E-state index in [0.29, 0.717) is 35.4 Å². The Hall–Kier alpha value is -2.93. The van der Waals surface area contributed by atoms with Gasteiger partial charge in [0.1, 0.15) is 0 Å². The van der Waals surface area contributed by atoms with Crippen LogP contribution >= 0.6 is 0 Å². The summed E-state index contributed by atoms with van der Waals surface area (Å²) in [5.74, 6) is 2.01. The Morgan fingerprint density at radius 2 is 1.72 bits per heavy atom. The summed E-state index contributed by atoms with van der Waals surface area (Å²) in [7, 11) is -3.90. The molecule has 1 aromatic heterocycles. The molecule has 2 aromatic carbocycles. The number of rotatable bonds is 4. The number of hydrogen-bond acceptors (Lipinski definition) is 5. The van der Waals surface area contributed by atoms with Crippen LogP contribution in [0.3, 0.4) is 0 Å². The predicted molar refractivity (Wildman–Crippen MR) is 155 cm³/mol. The normalized spacial score (nSPS) is 23.2. The predicted octanol–water partition coefficient (Wildman–Crippen LogP) is 7.20. The Morgan fingerprint density at radius 1 is 1.03 bits per heavy atom. The standard InChI is InChI=1S/C32H39N3O3S/c1-19(2)14-24-18-38-30-22(5)29(27-20(3)8-6-9-21(27)4)33-31(34-30)35-39(36,37)26-11-7-10-23(15-26)28(24)25-16-32(17-25)12-13-32/h6-11,15,19,24-25,28H,12-14,16-18H2,1-5H3,(H,33,34,35)/t24-,28?/m1/s1. The van der Waals surface area contributed by atoms with Crippen molar-refractivity contribution in [3.63, 3.8) is 0 Å². The summed E-state index contributed by atoms with van der Waals surface area (Å²) in [5.41, 5.74) is 6.31. The lowest BCUT2D eigenvalue weighted by Crippen LogP contribution is -2.36. The number of nitrogens with one attached hydrogen (secondary N) is 1. The first-order valence-corrected chi connectivity index (χ1v) is 15.7. The van der Waals surface area contributed by atoms with E-state index in [1.165, 1.54) is 25.7 Å². The van der Waals surface area contributed by atoms with Gasteiger partial charge in [-0.25, -0.2) is 18.1 Å². The SMILES string of the molecule is Cc1cccc(C)c1-c1nc2nc(c1C)OC[C@@H](CC(C)C)C(C1CC3(CC3)C1)c1cccc(c1)S(=O)(=O)N2. The van der Waals surface area contributed by atoms with Crippen LogP contribution in [0.1, 0.15) is 74.1 Å². The van der Waals surface area contributed by atoms with Crippen molar-refractivity contribution >= 4 is 16.0 Å². The zero-order valence-electron chi connectivity index (χ0n) is 23.6. The van der Waals surface area contributed by atoms with Crippen molar-refractivity contribution in [1.82, 2.24) is 9.97 Å². The van der Waals surface area contributed by atoms with Crippen molar-refractivity contribution in [2.75, 3.05) is 11.3 Å². The number of fused-ring (bicyclic) bond motifs is 4. The third-order valence-electron chi connectivity index (χ3n) is 9.17. The van der Waals surface area contributed by atoms with Crippen molar-refractivity contribution in [2.24, 2.45) is 23.2 Å². The number of aromatic nitrogens is 2. The molecule has 6 nitrogen and oxygen atoms in total. The number of hydrogen-bond donors (Lipinski definition) is 1. The van der Waals surface area contributed by atoms with Crippen LogP contribution in [-0.2, 0) is 10.0 Å². The zero-order valence-corrected chi connectivity index (χ0v) is 24.4. The number of nitrogens with zero attached hydrogens (tertiary/aromatic N) is 2. The topological polar surface area (TPSA) is 81.2 Å². The molecule has 0 radical (unpaired) electrons. The average Bonchev–Trinajstić information content (AvgIpc) is 3.65. The Bertz CT molecular complexity index is 1500. The van der Waals surface area contributed by atoms with Crippen LogP contribution in [0.15, 0.2) is 47.4 Å². The van der Waals surface area contributed by atoms with E-state index in [2.05, 4.69) is 29.6 Å². The molecule has 7 heteroatoms. The molecule has 0 saturated heterocycles. The van der Waals surface area contributed by atoms with E-state index in [1.807, 2.05) is 51.1 Å². The Kier molecular flexibility index (Phi) is 6.48.